The molecule has 0 spiro atoms. The minimum absolute atomic E-state index is 0.374. The van der Waals surface area contributed by atoms with E-state index in [9.17, 15) is 0 Å². The van der Waals surface area contributed by atoms with Crippen LogP contribution in [0.3, 0.4) is 0 Å². The fourth-order valence-corrected chi connectivity index (χ4v) is 1.71. The first-order chi connectivity index (χ1) is 5.77. The van der Waals surface area contributed by atoms with Gasteiger partial charge in [0, 0.05) is 19.1 Å². The maximum Gasteiger partial charge on any atom is 0.0854 e. The van der Waals surface area contributed by atoms with Crippen LogP contribution in [0.5, 0.6) is 0 Å². The number of ether oxygens (including phenoxy) is 1. The minimum Gasteiger partial charge on any atom is -0.374 e. The van der Waals surface area contributed by atoms with Gasteiger partial charge >= 0.3 is 0 Å². The second-order valence-electron chi connectivity index (χ2n) is 3.47. The van der Waals surface area contributed by atoms with E-state index in [1.165, 1.54) is 0 Å². The van der Waals surface area contributed by atoms with Gasteiger partial charge in [-0.15, -0.1) is 0 Å². The average molecular weight is 172 g/mol. The Morgan fingerprint density at radius 1 is 1.67 bits per heavy atom. The number of nitrogens with one attached hydrogen (secondary N) is 1. The van der Waals surface area contributed by atoms with Crippen molar-refractivity contribution >= 4 is 0 Å². The van der Waals surface area contributed by atoms with Gasteiger partial charge in [0.05, 0.1) is 12.7 Å². The standard InChI is InChI=1S/C9H20N2O/c1-4-8(10-2)9-7-11(3)5-6-12-9/h8-10H,4-7H2,1-3H3. The van der Waals surface area contributed by atoms with Crippen molar-refractivity contribution in [3.05, 3.63) is 0 Å². The fourth-order valence-electron chi connectivity index (χ4n) is 1.71. The van der Waals surface area contributed by atoms with Gasteiger partial charge in [-0.05, 0) is 20.5 Å². The Hall–Kier alpha value is -0.120. The molecule has 0 aromatic carbocycles. The largest absolute Gasteiger partial charge is 0.374 e. The van der Waals surface area contributed by atoms with Gasteiger partial charge in [-0.25, -0.2) is 0 Å². The number of morpholine rings is 1. The molecule has 12 heavy (non-hydrogen) atoms. The minimum atomic E-state index is 0.374. The number of nitrogens with zero attached hydrogens (tertiary/aromatic N) is 1. The lowest BCUT2D eigenvalue weighted by Gasteiger charge is -2.34. The highest BCUT2D eigenvalue weighted by Crippen LogP contribution is 2.09. The van der Waals surface area contributed by atoms with Gasteiger partial charge < -0.3 is 15.0 Å². The van der Waals surface area contributed by atoms with Gasteiger partial charge in [0.1, 0.15) is 0 Å². The molecule has 0 bridgehead atoms. The molecule has 1 fully saturated rings. The van der Waals surface area contributed by atoms with E-state index in [-0.39, 0.29) is 0 Å². The summed E-state index contributed by atoms with van der Waals surface area (Å²) in [6.07, 6.45) is 1.51. The third-order valence-electron chi connectivity index (χ3n) is 2.56. The molecule has 3 heteroatoms. The summed E-state index contributed by atoms with van der Waals surface area (Å²) in [5, 5.41) is 3.29. The maximum absolute atomic E-state index is 5.69. The average Bonchev–Trinajstić information content (AvgIpc) is 2.07. The lowest BCUT2D eigenvalue weighted by molar-refractivity contribution is -0.0378. The Bertz CT molecular complexity index is 126. The van der Waals surface area contributed by atoms with E-state index in [1.54, 1.807) is 0 Å². The summed E-state index contributed by atoms with van der Waals surface area (Å²) in [6, 6.07) is 0.507. The molecule has 3 nitrogen and oxygen atoms in total. The van der Waals surface area contributed by atoms with Gasteiger partial charge in [0.15, 0.2) is 0 Å². The number of rotatable bonds is 3. The first-order valence-electron chi connectivity index (χ1n) is 4.75. The quantitative estimate of drug-likeness (QED) is 0.663. The zero-order valence-corrected chi connectivity index (χ0v) is 8.34. The van der Waals surface area contributed by atoms with Crippen molar-refractivity contribution in [2.24, 2.45) is 0 Å². The first kappa shape index (κ1) is 9.96. The van der Waals surface area contributed by atoms with Crippen LogP contribution < -0.4 is 5.32 Å². The van der Waals surface area contributed by atoms with Crippen molar-refractivity contribution in [1.29, 1.82) is 0 Å². The van der Waals surface area contributed by atoms with Crippen LogP contribution in [-0.2, 0) is 4.74 Å². The van der Waals surface area contributed by atoms with E-state index in [0.717, 1.165) is 26.1 Å². The van der Waals surface area contributed by atoms with E-state index in [1.807, 2.05) is 7.05 Å². The maximum atomic E-state index is 5.69. The van der Waals surface area contributed by atoms with Gasteiger partial charge in [0.2, 0.25) is 0 Å². The zero-order chi connectivity index (χ0) is 8.97. The number of hydrogen-bond donors (Lipinski definition) is 1. The van der Waals surface area contributed by atoms with Crippen molar-refractivity contribution in [2.45, 2.75) is 25.5 Å². The molecule has 1 N–H and O–H groups in total. The molecule has 2 unspecified atom stereocenters. The van der Waals surface area contributed by atoms with Crippen LogP contribution in [0.15, 0.2) is 0 Å². The van der Waals surface area contributed by atoms with Crippen molar-refractivity contribution < 1.29 is 4.74 Å². The van der Waals surface area contributed by atoms with Crippen molar-refractivity contribution in [3.8, 4) is 0 Å². The zero-order valence-electron chi connectivity index (χ0n) is 8.34. The van der Waals surface area contributed by atoms with Crippen LogP contribution >= 0.6 is 0 Å². The van der Waals surface area contributed by atoms with Crippen molar-refractivity contribution in [1.82, 2.24) is 10.2 Å². The molecule has 2 atom stereocenters. The van der Waals surface area contributed by atoms with E-state index in [0.29, 0.717) is 12.1 Å². The van der Waals surface area contributed by atoms with Gasteiger partial charge in [-0.1, -0.05) is 6.92 Å². The van der Waals surface area contributed by atoms with E-state index >= 15 is 0 Å². The molecule has 0 radical (unpaired) electrons. The second kappa shape index (κ2) is 4.80. The van der Waals surface area contributed by atoms with Crippen LogP contribution in [0.4, 0.5) is 0 Å². The summed E-state index contributed by atoms with van der Waals surface area (Å²) in [5.74, 6) is 0. The summed E-state index contributed by atoms with van der Waals surface area (Å²) in [6.45, 7) is 5.19. The molecular weight excluding hydrogens is 152 g/mol. The van der Waals surface area contributed by atoms with Crippen molar-refractivity contribution in [3.63, 3.8) is 0 Å². The third kappa shape index (κ3) is 2.44. The van der Waals surface area contributed by atoms with Gasteiger partial charge in [0.25, 0.3) is 0 Å². The van der Waals surface area contributed by atoms with E-state index in [4.69, 9.17) is 4.74 Å². The Balaban J connectivity index is 2.38. The second-order valence-corrected chi connectivity index (χ2v) is 3.47. The first-order valence-corrected chi connectivity index (χ1v) is 4.75. The monoisotopic (exact) mass is 172 g/mol. The van der Waals surface area contributed by atoms with Crippen LogP contribution in [-0.4, -0.2) is 50.8 Å². The molecule has 1 rings (SSSR count). The number of hydrogen-bond acceptors (Lipinski definition) is 3. The molecule has 1 saturated heterocycles. The van der Waals surface area contributed by atoms with Gasteiger partial charge in [-0.2, -0.15) is 0 Å². The molecular formula is C9H20N2O. The lowest BCUT2D eigenvalue weighted by Crippen LogP contribution is -2.50. The SMILES string of the molecule is CCC(NC)C1CN(C)CCO1. The fraction of sp³-hybridized carbons (Fsp3) is 1.00. The molecule has 0 aliphatic carbocycles. The Morgan fingerprint density at radius 3 is 2.92 bits per heavy atom. The van der Waals surface area contributed by atoms with Crippen LogP contribution in [0, 0.1) is 0 Å². The Kier molecular flexibility index (Phi) is 3.98. The summed E-state index contributed by atoms with van der Waals surface area (Å²) in [7, 11) is 4.16. The highest BCUT2D eigenvalue weighted by molar-refractivity contribution is 4.79. The predicted molar refractivity (Wildman–Crippen MR) is 50.4 cm³/mol. The summed E-state index contributed by atoms with van der Waals surface area (Å²) >= 11 is 0. The normalized spacial score (nSPS) is 28.8. The third-order valence-corrected chi connectivity index (χ3v) is 2.56. The molecule has 1 aliphatic heterocycles. The topological polar surface area (TPSA) is 24.5 Å². The molecule has 0 aromatic heterocycles. The summed E-state index contributed by atoms with van der Waals surface area (Å²) in [5.41, 5.74) is 0. The van der Waals surface area contributed by atoms with E-state index < -0.39 is 0 Å². The Labute approximate surface area is 75.1 Å². The lowest BCUT2D eigenvalue weighted by atomic mass is 10.1. The molecule has 0 amide bonds. The molecule has 0 aromatic rings. The summed E-state index contributed by atoms with van der Waals surface area (Å²) < 4.78 is 5.69. The molecule has 1 heterocycles. The predicted octanol–water partition coefficient (Wildman–Crippen LogP) is 0.315. The summed E-state index contributed by atoms with van der Waals surface area (Å²) in [4.78, 5) is 2.33. The van der Waals surface area contributed by atoms with Crippen LogP contribution in [0.25, 0.3) is 0 Å². The van der Waals surface area contributed by atoms with Crippen molar-refractivity contribution in [2.75, 3.05) is 33.8 Å². The highest BCUT2D eigenvalue weighted by atomic mass is 16.5. The number of likely N-dealkylation sites (N-methyl/N-ethyl adjacent to an activating group) is 2. The van der Waals surface area contributed by atoms with Crippen LogP contribution in [0.1, 0.15) is 13.3 Å². The molecule has 1 aliphatic rings. The molecule has 0 saturated carbocycles. The molecule has 72 valence electrons. The van der Waals surface area contributed by atoms with Crippen LogP contribution in [0.2, 0.25) is 0 Å². The van der Waals surface area contributed by atoms with E-state index in [2.05, 4.69) is 24.2 Å². The van der Waals surface area contributed by atoms with Gasteiger partial charge in [-0.3, -0.25) is 0 Å². The smallest absolute Gasteiger partial charge is 0.0854 e. The Morgan fingerprint density at radius 2 is 2.42 bits per heavy atom. The highest BCUT2D eigenvalue weighted by Gasteiger charge is 2.23.